The van der Waals surface area contributed by atoms with Gasteiger partial charge in [-0.25, -0.2) is 13.6 Å². The van der Waals surface area contributed by atoms with E-state index in [9.17, 15) is 8.42 Å². The third-order valence-corrected chi connectivity index (χ3v) is 4.20. The summed E-state index contributed by atoms with van der Waals surface area (Å²) in [5.41, 5.74) is 1.88. The second kappa shape index (κ2) is 6.05. The number of sulfonamides is 1. The number of nitrogens with zero attached hydrogens (tertiary/aromatic N) is 2. The number of nitrogens with two attached hydrogens (primary N) is 1. The van der Waals surface area contributed by atoms with Gasteiger partial charge >= 0.3 is 0 Å². The molecule has 1 aromatic heterocycles. The summed E-state index contributed by atoms with van der Waals surface area (Å²) in [6, 6.07) is 6.07. The maximum absolute atomic E-state index is 11.2. The van der Waals surface area contributed by atoms with E-state index in [1.54, 1.807) is 4.68 Å². The van der Waals surface area contributed by atoms with Gasteiger partial charge in [0.1, 0.15) is 12.4 Å². The minimum Gasteiger partial charge on any atom is -0.486 e. The molecule has 114 valence electrons. The molecule has 8 heteroatoms. The Morgan fingerprint density at radius 2 is 2.10 bits per heavy atom. The minimum absolute atomic E-state index is 0.0475. The quantitative estimate of drug-likeness (QED) is 0.907. The summed E-state index contributed by atoms with van der Waals surface area (Å²) in [6.45, 7) is 2.31. The first kappa shape index (κ1) is 15.8. The molecule has 0 aliphatic carbocycles. The molecular weight excluding hydrogens is 314 g/mol. The Labute approximate surface area is 128 Å². The highest BCUT2D eigenvalue weighted by molar-refractivity contribution is 7.89. The first-order chi connectivity index (χ1) is 9.81. The lowest BCUT2D eigenvalue weighted by Gasteiger charge is -2.09. The number of ether oxygens (including phenoxy) is 1. The fourth-order valence-electron chi connectivity index (χ4n) is 1.81. The first-order valence-corrected chi connectivity index (χ1v) is 8.20. The fourth-order valence-corrected chi connectivity index (χ4v) is 2.65. The number of benzene rings is 1. The van der Waals surface area contributed by atoms with Crippen molar-refractivity contribution in [1.82, 2.24) is 9.78 Å². The summed E-state index contributed by atoms with van der Waals surface area (Å²) >= 11 is 6.01. The van der Waals surface area contributed by atoms with Crippen LogP contribution >= 0.6 is 11.6 Å². The molecule has 1 heterocycles. The first-order valence-electron chi connectivity index (χ1n) is 6.28. The van der Waals surface area contributed by atoms with Gasteiger partial charge in [0, 0.05) is 7.05 Å². The van der Waals surface area contributed by atoms with Crippen molar-refractivity contribution in [3.05, 3.63) is 40.7 Å². The molecule has 0 radical (unpaired) electrons. The Bertz CT molecular complexity index is 756. The Kier molecular flexibility index (Phi) is 4.55. The lowest BCUT2D eigenvalue weighted by molar-refractivity contribution is 0.295. The number of hydrogen-bond acceptors (Lipinski definition) is 4. The lowest BCUT2D eigenvalue weighted by atomic mass is 10.3. The molecule has 1 aromatic carbocycles. The highest BCUT2D eigenvalue weighted by atomic mass is 35.5. The molecule has 0 aliphatic heterocycles. The van der Waals surface area contributed by atoms with Crippen molar-refractivity contribution >= 4 is 21.6 Å². The molecule has 21 heavy (non-hydrogen) atoms. The van der Waals surface area contributed by atoms with Gasteiger partial charge in [-0.3, -0.25) is 4.68 Å². The summed E-state index contributed by atoms with van der Waals surface area (Å²) in [7, 11) is -1.93. The molecule has 0 saturated heterocycles. The zero-order chi connectivity index (χ0) is 15.6. The van der Waals surface area contributed by atoms with Crippen LogP contribution in [0.2, 0.25) is 5.02 Å². The van der Waals surface area contributed by atoms with E-state index < -0.39 is 10.0 Å². The van der Waals surface area contributed by atoms with E-state index in [2.05, 4.69) is 5.10 Å². The molecule has 0 amide bonds. The van der Waals surface area contributed by atoms with Gasteiger partial charge in [-0.15, -0.1) is 0 Å². The summed E-state index contributed by atoms with van der Waals surface area (Å²) in [5.74, 6) is 0.392. The molecule has 2 aromatic rings. The zero-order valence-electron chi connectivity index (χ0n) is 11.7. The summed E-state index contributed by atoms with van der Waals surface area (Å²) in [4.78, 5) is -0.0475. The zero-order valence-corrected chi connectivity index (χ0v) is 13.3. The van der Waals surface area contributed by atoms with E-state index >= 15 is 0 Å². The van der Waals surface area contributed by atoms with E-state index in [1.165, 1.54) is 18.2 Å². The number of hydrogen-bond donors (Lipinski definition) is 1. The van der Waals surface area contributed by atoms with Crippen molar-refractivity contribution in [2.45, 2.75) is 24.8 Å². The van der Waals surface area contributed by atoms with Gasteiger partial charge in [-0.05, 0) is 30.7 Å². The molecule has 0 bridgehead atoms. The van der Waals surface area contributed by atoms with E-state index in [4.69, 9.17) is 21.5 Å². The molecule has 0 fully saturated rings. The molecule has 2 rings (SSSR count). The normalized spacial score (nSPS) is 11.6. The maximum atomic E-state index is 11.2. The van der Waals surface area contributed by atoms with Crippen LogP contribution in [0.4, 0.5) is 0 Å². The molecule has 6 nitrogen and oxygen atoms in total. The molecule has 0 saturated carbocycles. The van der Waals surface area contributed by atoms with Crippen LogP contribution < -0.4 is 9.88 Å². The third kappa shape index (κ3) is 3.75. The average molecular weight is 330 g/mol. The van der Waals surface area contributed by atoms with Crippen LogP contribution in [-0.2, 0) is 30.1 Å². The van der Waals surface area contributed by atoms with Crippen LogP contribution in [0.15, 0.2) is 29.2 Å². The van der Waals surface area contributed by atoms with Crippen LogP contribution in [0.5, 0.6) is 5.75 Å². The van der Waals surface area contributed by atoms with Gasteiger partial charge in [0.25, 0.3) is 0 Å². The SMILES string of the molecule is CCc1cc(COc2ccc(S(N)(=O)=O)cc2Cl)n(C)n1. The predicted molar refractivity (Wildman–Crippen MR) is 79.7 cm³/mol. The number of aryl methyl sites for hydroxylation is 2. The largest absolute Gasteiger partial charge is 0.486 e. The molecular formula is C13H16ClN3O3S. The van der Waals surface area contributed by atoms with Crippen LogP contribution in [0, 0.1) is 0 Å². The van der Waals surface area contributed by atoms with E-state index in [0.29, 0.717) is 5.75 Å². The number of primary sulfonamides is 1. The van der Waals surface area contributed by atoms with Gasteiger partial charge in [0.15, 0.2) is 0 Å². The van der Waals surface area contributed by atoms with Crippen molar-refractivity contribution in [3.63, 3.8) is 0 Å². The van der Waals surface area contributed by atoms with Crippen molar-refractivity contribution in [2.75, 3.05) is 0 Å². The highest BCUT2D eigenvalue weighted by Gasteiger charge is 2.12. The fraction of sp³-hybridized carbons (Fsp3) is 0.308. The van der Waals surface area contributed by atoms with Gasteiger partial charge in [-0.2, -0.15) is 5.10 Å². The summed E-state index contributed by atoms with van der Waals surface area (Å²) < 4.78 is 29.8. The Hall–Kier alpha value is -1.57. The maximum Gasteiger partial charge on any atom is 0.238 e. The average Bonchev–Trinajstić information content (AvgIpc) is 2.77. The molecule has 0 atom stereocenters. The van der Waals surface area contributed by atoms with E-state index in [-0.39, 0.29) is 16.5 Å². The Morgan fingerprint density at radius 3 is 2.62 bits per heavy atom. The second-order valence-electron chi connectivity index (χ2n) is 4.53. The summed E-state index contributed by atoms with van der Waals surface area (Å²) in [6.07, 6.45) is 0.845. The number of aromatic nitrogens is 2. The highest BCUT2D eigenvalue weighted by Crippen LogP contribution is 2.27. The van der Waals surface area contributed by atoms with Crippen molar-refractivity contribution in [3.8, 4) is 5.75 Å². The minimum atomic E-state index is -3.77. The van der Waals surface area contributed by atoms with Gasteiger partial charge < -0.3 is 4.74 Å². The molecule has 0 aliphatic rings. The van der Waals surface area contributed by atoms with Gasteiger partial charge in [0.2, 0.25) is 10.0 Å². The summed E-state index contributed by atoms with van der Waals surface area (Å²) in [5, 5.41) is 9.55. The van der Waals surface area contributed by atoms with Crippen molar-refractivity contribution in [1.29, 1.82) is 0 Å². The standard InChI is InChI=1S/C13H16ClN3O3S/c1-3-9-6-10(17(2)16-9)8-20-13-5-4-11(7-12(13)14)21(15,18)19/h4-7H,3,8H2,1-2H3,(H2,15,18,19). The van der Waals surface area contributed by atoms with Crippen LogP contribution in [-0.4, -0.2) is 18.2 Å². The van der Waals surface area contributed by atoms with Crippen molar-refractivity contribution in [2.24, 2.45) is 12.2 Å². The Morgan fingerprint density at radius 1 is 1.38 bits per heavy atom. The van der Waals surface area contributed by atoms with Gasteiger partial charge in [-0.1, -0.05) is 18.5 Å². The monoisotopic (exact) mass is 329 g/mol. The van der Waals surface area contributed by atoms with Gasteiger partial charge in [0.05, 0.1) is 21.3 Å². The molecule has 0 unspecified atom stereocenters. The molecule has 2 N–H and O–H groups in total. The predicted octanol–water partition coefficient (Wildman–Crippen LogP) is 1.86. The molecule has 0 spiro atoms. The number of rotatable bonds is 5. The smallest absolute Gasteiger partial charge is 0.238 e. The lowest BCUT2D eigenvalue weighted by Crippen LogP contribution is -2.12. The van der Waals surface area contributed by atoms with Crippen LogP contribution in [0.1, 0.15) is 18.3 Å². The van der Waals surface area contributed by atoms with Crippen LogP contribution in [0.3, 0.4) is 0 Å². The third-order valence-electron chi connectivity index (χ3n) is 3.00. The van der Waals surface area contributed by atoms with Crippen molar-refractivity contribution < 1.29 is 13.2 Å². The second-order valence-corrected chi connectivity index (χ2v) is 6.50. The van der Waals surface area contributed by atoms with Crippen LogP contribution in [0.25, 0.3) is 0 Å². The number of halogens is 1. The topological polar surface area (TPSA) is 87.2 Å². The van der Waals surface area contributed by atoms with E-state index in [1.807, 2.05) is 20.0 Å². The Balaban J connectivity index is 2.15. The van der Waals surface area contributed by atoms with E-state index in [0.717, 1.165) is 17.8 Å².